The van der Waals surface area contributed by atoms with E-state index in [0.29, 0.717) is 6.54 Å². The molecule has 1 aromatic heterocycles. The number of thiophene rings is 1. The van der Waals surface area contributed by atoms with Crippen molar-refractivity contribution in [3.63, 3.8) is 0 Å². The minimum Gasteiger partial charge on any atom is -0.394 e. The molecule has 0 aliphatic rings. The molecule has 128 valence electrons. The largest absolute Gasteiger partial charge is 0.394 e. The summed E-state index contributed by atoms with van der Waals surface area (Å²) in [5.74, 6) is 0. The Balaban J connectivity index is 1.91. The van der Waals surface area contributed by atoms with Crippen LogP contribution in [0.5, 0.6) is 0 Å². The predicted octanol–water partition coefficient (Wildman–Crippen LogP) is 4.04. The molecule has 0 spiro atoms. The van der Waals surface area contributed by atoms with Crippen molar-refractivity contribution in [1.82, 2.24) is 5.32 Å². The summed E-state index contributed by atoms with van der Waals surface area (Å²) in [6, 6.07) is 19.2. The van der Waals surface area contributed by atoms with Gasteiger partial charge in [0, 0.05) is 26.7 Å². The molecule has 0 saturated heterocycles. The van der Waals surface area contributed by atoms with Crippen molar-refractivity contribution in [2.75, 3.05) is 13.2 Å². The fraction of sp³-hybridized carbons (Fsp3) is 0.238. The fourth-order valence-corrected chi connectivity index (χ4v) is 4.46. The van der Waals surface area contributed by atoms with Gasteiger partial charge >= 0.3 is 0 Å². The second kappa shape index (κ2) is 6.39. The Hall–Kier alpha value is -1.98. The average molecular weight is 351 g/mol. The minimum absolute atomic E-state index is 0.106. The maximum atomic E-state index is 9.54. The van der Waals surface area contributed by atoms with Gasteiger partial charge in [-0.3, -0.25) is 0 Å². The van der Waals surface area contributed by atoms with Gasteiger partial charge in [-0.05, 0) is 35.4 Å². The van der Waals surface area contributed by atoms with Crippen molar-refractivity contribution in [2.45, 2.75) is 19.0 Å². The molecule has 3 aromatic carbocycles. The van der Waals surface area contributed by atoms with Crippen LogP contribution in [0.4, 0.5) is 0 Å². The number of aliphatic hydroxyl groups excluding tert-OH is 2. The van der Waals surface area contributed by atoms with Crippen molar-refractivity contribution < 1.29 is 10.2 Å². The van der Waals surface area contributed by atoms with Crippen molar-refractivity contribution in [3.05, 3.63) is 60.2 Å². The third-order valence-corrected chi connectivity index (χ3v) is 6.09. The first kappa shape index (κ1) is 16.5. The molecule has 3 N–H and O–H groups in total. The molecule has 4 rings (SSSR count). The number of benzene rings is 3. The Labute approximate surface area is 150 Å². The van der Waals surface area contributed by atoms with Crippen LogP contribution in [0, 0.1) is 0 Å². The zero-order valence-electron chi connectivity index (χ0n) is 14.1. The molecule has 0 aliphatic heterocycles. The molecule has 1 heterocycles. The first-order chi connectivity index (χ1) is 12.1. The smallest absolute Gasteiger partial charge is 0.0633 e. The Morgan fingerprint density at radius 1 is 0.880 bits per heavy atom. The van der Waals surface area contributed by atoms with Crippen LogP contribution in [0.2, 0.25) is 0 Å². The van der Waals surface area contributed by atoms with Crippen LogP contribution in [0.15, 0.2) is 54.6 Å². The highest BCUT2D eigenvalue weighted by Gasteiger charge is 2.22. The normalized spacial score (nSPS) is 12.4. The van der Waals surface area contributed by atoms with E-state index in [1.165, 1.54) is 36.5 Å². The van der Waals surface area contributed by atoms with Gasteiger partial charge in [-0.1, -0.05) is 42.5 Å². The molecular formula is C21H21NO2S. The molecule has 0 aliphatic carbocycles. The molecule has 4 heteroatoms. The highest BCUT2D eigenvalue weighted by atomic mass is 32.1. The molecular weight excluding hydrogens is 330 g/mol. The van der Waals surface area contributed by atoms with Crippen molar-refractivity contribution in [3.8, 4) is 0 Å². The van der Waals surface area contributed by atoms with Gasteiger partial charge in [0.1, 0.15) is 0 Å². The molecule has 0 fully saturated rings. The van der Waals surface area contributed by atoms with E-state index in [1.807, 2.05) is 18.3 Å². The molecule has 0 amide bonds. The quantitative estimate of drug-likeness (QED) is 0.509. The monoisotopic (exact) mass is 351 g/mol. The molecule has 25 heavy (non-hydrogen) atoms. The van der Waals surface area contributed by atoms with Gasteiger partial charge in [0.05, 0.1) is 18.8 Å². The van der Waals surface area contributed by atoms with E-state index >= 15 is 0 Å². The number of rotatable bonds is 5. The van der Waals surface area contributed by atoms with Gasteiger partial charge in [-0.2, -0.15) is 0 Å². The van der Waals surface area contributed by atoms with E-state index in [9.17, 15) is 10.2 Å². The molecule has 0 unspecified atom stereocenters. The first-order valence-corrected chi connectivity index (χ1v) is 9.25. The van der Waals surface area contributed by atoms with E-state index in [0.717, 1.165) is 0 Å². The van der Waals surface area contributed by atoms with Crippen LogP contribution in [0.25, 0.3) is 30.9 Å². The van der Waals surface area contributed by atoms with Crippen LogP contribution >= 0.6 is 11.3 Å². The maximum Gasteiger partial charge on any atom is 0.0633 e. The first-order valence-electron chi connectivity index (χ1n) is 8.44. The van der Waals surface area contributed by atoms with Crippen molar-refractivity contribution >= 4 is 42.3 Å². The summed E-state index contributed by atoms with van der Waals surface area (Å²) in [4.78, 5) is 0. The van der Waals surface area contributed by atoms with Crippen molar-refractivity contribution in [2.24, 2.45) is 0 Å². The fourth-order valence-electron chi connectivity index (χ4n) is 3.24. The van der Waals surface area contributed by atoms with E-state index in [4.69, 9.17) is 0 Å². The summed E-state index contributed by atoms with van der Waals surface area (Å²) in [7, 11) is 0. The number of hydrogen-bond donors (Lipinski definition) is 3. The molecule has 4 aromatic rings. The number of nitrogens with one attached hydrogen (secondary N) is 1. The average Bonchev–Trinajstić information content (AvgIpc) is 3.05. The second-order valence-corrected chi connectivity index (χ2v) is 7.84. The summed E-state index contributed by atoms with van der Waals surface area (Å²) in [6.07, 6.45) is 0. The van der Waals surface area contributed by atoms with Gasteiger partial charge in [-0.15, -0.1) is 11.3 Å². The third-order valence-electron chi connectivity index (χ3n) is 4.87. The third kappa shape index (κ3) is 2.81. The van der Waals surface area contributed by atoms with Gasteiger partial charge in [0.2, 0.25) is 0 Å². The van der Waals surface area contributed by atoms with Crippen LogP contribution in [0.1, 0.15) is 12.5 Å². The number of aliphatic hydroxyl groups is 2. The summed E-state index contributed by atoms with van der Waals surface area (Å²) in [5, 5.41) is 27.4. The molecule has 0 radical (unpaired) electrons. The molecule has 0 saturated carbocycles. The minimum atomic E-state index is -0.688. The summed E-state index contributed by atoms with van der Waals surface area (Å²) >= 11 is 1.83. The highest BCUT2D eigenvalue weighted by Crippen LogP contribution is 2.39. The standard InChI is InChI=1S/C21H21NO2S/c1-21(12-23,13-24)22-11-14-10-18-16-7-4-5-9-19(16)25-20(18)17-8-3-2-6-15(14)17/h2-10,22-24H,11-13H2,1H3. The Morgan fingerprint density at radius 2 is 1.52 bits per heavy atom. The summed E-state index contributed by atoms with van der Waals surface area (Å²) in [6.45, 7) is 2.21. The highest BCUT2D eigenvalue weighted by molar-refractivity contribution is 7.26. The van der Waals surface area contributed by atoms with Crippen LogP contribution in [-0.4, -0.2) is 29.0 Å². The van der Waals surface area contributed by atoms with Gasteiger partial charge in [-0.25, -0.2) is 0 Å². The van der Waals surface area contributed by atoms with Gasteiger partial charge in [0.25, 0.3) is 0 Å². The second-order valence-electron chi connectivity index (χ2n) is 6.79. The lowest BCUT2D eigenvalue weighted by molar-refractivity contribution is 0.103. The lowest BCUT2D eigenvalue weighted by Gasteiger charge is -2.26. The summed E-state index contributed by atoms with van der Waals surface area (Å²) < 4.78 is 2.61. The Kier molecular flexibility index (Phi) is 4.21. The van der Waals surface area contributed by atoms with E-state index < -0.39 is 5.54 Å². The number of fused-ring (bicyclic) bond motifs is 5. The van der Waals surface area contributed by atoms with E-state index in [-0.39, 0.29) is 13.2 Å². The Bertz CT molecular complexity index is 1050. The SMILES string of the molecule is CC(CO)(CO)NCc1cc2c3ccccc3sc2c2ccccc12. The zero-order valence-corrected chi connectivity index (χ0v) is 14.9. The van der Waals surface area contributed by atoms with Crippen molar-refractivity contribution in [1.29, 1.82) is 0 Å². The predicted molar refractivity (Wildman–Crippen MR) is 106 cm³/mol. The topological polar surface area (TPSA) is 52.5 Å². The lowest BCUT2D eigenvalue weighted by Crippen LogP contribution is -2.48. The molecule has 0 atom stereocenters. The van der Waals surface area contributed by atoms with Crippen LogP contribution < -0.4 is 5.32 Å². The zero-order chi connectivity index (χ0) is 17.4. The molecule has 0 bridgehead atoms. The Morgan fingerprint density at radius 3 is 2.24 bits per heavy atom. The van der Waals surface area contributed by atoms with Crippen LogP contribution in [0.3, 0.4) is 0 Å². The molecule has 3 nitrogen and oxygen atoms in total. The van der Waals surface area contributed by atoms with Gasteiger partial charge < -0.3 is 15.5 Å². The van der Waals surface area contributed by atoms with E-state index in [1.54, 1.807) is 0 Å². The lowest BCUT2D eigenvalue weighted by atomic mass is 9.99. The maximum absolute atomic E-state index is 9.54. The van der Waals surface area contributed by atoms with Gasteiger partial charge in [0.15, 0.2) is 0 Å². The summed E-state index contributed by atoms with van der Waals surface area (Å²) in [5.41, 5.74) is 0.493. The van der Waals surface area contributed by atoms with Crippen LogP contribution in [-0.2, 0) is 6.54 Å². The van der Waals surface area contributed by atoms with E-state index in [2.05, 4.69) is 59.9 Å². The number of hydrogen-bond acceptors (Lipinski definition) is 4.